The van der Waals surface area contributed by atoms with Gasteiger partial charge in [-0.3, -0.25) is 4.79 Å². The normalized spacial score (nSPS) is 15.2. The summed E-state index contributed by atoms with van der Waals surface area (Å²) in [5, 5.41) is 0. The van der Waals surface area contributed by atoms with Crippen LogP contribution in [0.15, 0.2) is 6.33 Å². The number of nitrogens with zero attached hydrogens (tertiary/aromatic N) is 4. The van der Waals surface area contributed by atoms with Gasteiger partial charge in [0.2, 0.25) is 6.41 Å². The second-order valence-corrected chi connectivity index (χ2v) is 6.83. The van der Waals surface area contributed by atoms with Crippen LogP contribution in [0.3, 0.4) is 0 Å². The zero-order chi connectivity index (χ0) is 17.1. The van der Waals surface area contributed by atoms with Gasteiger partial charge in [0.1, 0.15) is 5.52 Å². The lowest BCUT2D eigenvalue weighted by molar-refractivity contribution is -0.120. The summed E-state index contributed by atoms with van der Waals surface area (Å²) in [5.74, 6) is 0.500. The Morgan fingerprint density at radius 3 is 2.79 bits per heavy atom. The quantitative estimate of drug-likeness (QED) is 0.626. The first-order valence-electron chi connectivity index (χ1n) is 8.90. The largest absolute Gasteiger partial charge is 0.382 e. The minimum Gasteiger partial charge on any atom is -0.382 e. The van der Waals surface area contributed by atoms with Gasteiger partial charge < -0.3 is 15.2 Å². The predicted octanol–water partition coefficient (Wildman–Crippen LogP) is 2.81. The molecule has 0 spiro atoms. The Morgan fingerprint density at radius 1 is 1.33 bits per heavy atom. The molecule has 2 aromatic rings. The van der Waals surface area contributed by atoms with Crippen LogP contribution in [-0.2, 0) is 11.3 Å². The third kappa shape index (κ3) is 3.23. The molecule has 6 nitrogen and oxygen atoms in total. The molecule has 3 rings (SSSR count). The van der Waals surface area contributed by atoms with E-state index in [1.54, 1.807) is 0 Å². The number of hydrogen-bond acceptors (Lipinski definition) is 4. The summed E-state index contributed by atoms with van der Waals surface area (Å²) in [6, 6.07) is 0.465. The maximum absolute atomic E-state index is 11.3. The molecule has 0 saturated heterocycles. The molecule has 0 bridgehead atoms. The van der Waals surface area contributed by atoms with E-state index in [4.69, 9.17) is 5.73 Å². The Kier molecular flexibility index (Phi) is 5.02. The number of hydrogen-bond donors (Lipinski definition) is 1. The SMILES string of the molecule is Cc1nc(N)c2ncn(CCCCN(C=O)C3CCCC3)c2c1C. The van der Waals surface area contributed by atoms with Crippen molar-refractivity contribution in [2.45, 2.75) is 65.0 Å². The number of unbranched alkanes of at least 4 members (excludes halogenated alkanes) is 1. The van der Waals surface area contributed by atoms with E-state index in [1.807, 2.05) is 18.2 Å². The molecule has 1 aliphatic carbocycles. The smallest absolute Gasteiger partial charge is 0.209 e. The fraction of sp³-hybridized carbons (Fsp3) is 0.611. The maximum Gasteiger partial charge on any atom is 0.209 e. The first-order chi connectivity index (χ1) is 11.6. The second kappa shape index (κ2) is 7.20. The Labute approximate surface area is 143 Å². The van der Waals surface area contributed by atoms with Crippen LogP contribution in [0.4, 0.5) is 5.82 Å². The number of rotatable bonds is 7. The van der Waals surface area contributed by atoms with Gasteiger partial charge in [-0.1, -0.05) is 12.8 Å². The van der Waals surface area contributed by atoms with Gasteiger partial charge in [0, 0.05) is 24.8 Å². The Bertz CT molecular complexity index is 718. The average molecular weight is 329 g/mol. The molecule has 24 heavy (non-hydrogen) atoms. The number of nitrogens with two attached hydrogens (primary N) is 1. The van der Waals surface area contributed by atoms with Crippen molar-refractivity contribution in [3.63, 3.8) is 0 Å². The maximum atomic E-state index is 11.3. The van der Waals surface area contributed by atoms with E-state index in [9.17, 15) is 4.79 Å². The number of fused-ring (bicyclic) bond motifs is 1. The summed E-state index contributed by atoms with van der Waals surface area (Å²) >= 11 is 0. The molecule has 6 heteroatoms. The Balaban J connectivity index is 1.61. The Morgan fingerprint density at radius 2 is 2.08 bits per heavy atom. The molecule has 0 aliphatic heterocycles. The molecule has 1 aliphatic rings. The molecular formula is C18H27N5O. The van der Waals surface area contributed by atoms with E-state index in [2.05, 4.69) is 21.5 Å². The molecule has 130 valence electrons. The molecule has 0 atom stereocenters. The summed E-state index contributed by atoms with van der Waals surface area (Å²) in [4.78, 5) is 22.1. The number of carbonyl (C=O) groups excluding carboxylic acids is 1. The van der Waals surface area contributed by atoms with Crippen LogP contribution in [0.5, 0.6) is 0 Å². The zero-order valence-electron chi connectivity index (χ0n) is 14.7. The van der Waals surface area contributed by atoms with Crippen molar-refractivity contribution in [3.8, 4) is 0 Å². The lowest BCUT2D eigenvalue weighted by Crippen LogP contribution is -2.32. The Hall–Kier alpha value is -2.11. The number of aryl methyl sites for hydroxylation is 3. The standard InChI is InChI=1S/C18H27N5O/c1-13-14(2)21-18(19)16-17(13)22(11-20-16)9-5-6-10-23(12-24)15-7-3-4-8-15/h11-12,15H,3-10H2,1-2H3,(H2,19,21). The van der Waals surface area contributed by atoms with Crippen molar-refractivity contribution >= 4 is 23.3 Å². The van der Waals surface area contributed by atoms with E-state index in [-0.39, 0.29) is 0 Å². The molecule has 0 radical (unpaired) electrons. The van der Waals surface area contributed by atoms with Gasteiger partial charge in [-0.05, 0) is 45.1 Å². The van der Waals surface area contributed by atoms with Gasteiger partial charge >= 0.3 is 0 Å². The lowest BCUT2D eigenvalue weighted by Gasteiger charge is -2.24. The van der Waals surface area contributed by atoms with Crippen molar-refractivity contribution in [1.82, 2.24) is 19.4 Å². The number of imidazole rings is 1. The third-order valence-corrected chi connectivity index (χ3v) is 5.26. The van der Waals surface area contributed by atoms with E-state index < -0.39 is 0 Å². The van der Waals surface area contributed by atoms with Crippen LogP contribution < -0.4 is 5.73 Å². The highest BCUT2D eigenvalue weighted by Crippen LogP contribution is 2.25. The van der Waals surface area contributed by atoms with Crippen LogP contribution in [0.1, 0.15) is 49.8 Å². The zero-order valence-corrected chi connectivity index (χ0v) is 14.7. The number of nitrogen functional groups attached to an aromatic ring is 1. The first kappa shape index (κ1) is 16.7. The predicted molar refractivity (Wildman–Crippen MR) is 95.7 cm³/mol. The van der Waals surface area contributed by atoms with Gasteiger partial charge in [0.25, 0.3) is 0 Å². The topological polar surface area (TPSA) is 77.0 Å². The summed E-state index contributed by atoms with van der Waals surface area (Å²) in [5.41, 5.74) is 9.96. The summed E-state index contributed by atoms with van der Waals surface area (Å²) in [7, 11) is 0. The molecule has 1 fully saturated rings. The van der Waals surface area contributed by atoms with E-state index in [0.29, 0.717) is 11.9 Å². The number of pyridine rings is 1. The fourth-order valence-electron chi connectivity index (χ4n) is 3.75. The number of amides is 1. The van der Waals surface area contributed by atoms with Crippen molar-refractivity contribution < 1.29 is 4.79 Å². The second-order valence-electron chi connectivity index (χ2n) is 6.83. The molecule has 1 saturated carbocycles. The molecular weight excluding hydrogens is 302 g/mol. The average Bonchev–Trinajstić information content (AvgIpc) is 3.23. The number of carbonyl (C=O) groups is 1. The number of aromatic nitrogens is 3. The van der Waals surface area contributed by atoms with Crippen LogP contribution in [0.2, 0.25) is 0 Å². The molecule has 0 unspecified atom stereocenters. The molecule has 0 aromatic carbocycles. The summed E-state index contributed by atoms with van der Waals surface area (Å²) in [6.45, 7) is 5.78. The van der Waals surface area contributed by atoms with Crippen LogP contribution in [-0.4, -0.2) is 38.4 Å². The van der Waals surface area contributed by atoms with Crippen LogP contribution in [0.25, 0.3) is 11.0 Å². The monoisotopic (exact) mass is 329 g/mol. The minimum absolute atomic E-state index is 0.465. The third-order valence-electron chi connectivity index (χ3n) is 5.26. The van der Waals surface area contributed by atoms with Crippen molar-refractivity contribution in [2.75, 3.05) is 12.3 Å². The molecule has 1 amide bonds. The molecule has 2 heterocycles. The van der Waals surface area contributed by atoms with E-state index in [1.165, 1.54) is 12.8 Å². The van der Waals surface area contributed by atoms with Gasteiger partial charge in [0.15, 0.2) is 5.82 Å². The fourth-order valence-corrected chi connectivity index (χ4v) is 3.75. The van der Waals surface area contributed by atoms with Crippen LogP contribution >= 0.6 is 0 Å². The summed E-state index contributed by atoms with van der Waals surface area (Å²) < 4.78 is 2.16. The summed E-state index contributed by atoms with van der Waals surface area (Å²) in [6.07, 6.45) is 9.74. The molecule has 2 aromatic heterocycles. The highest BCUT2D eigenvalue weighted by Gasteiger charge is 2.20. The van der Waals surface area contributed by atoms with Crippen LogP contribution in [0, 0.1) is 13.8 Å². The van der Waals surface area contributed by atoms with Crippen molar-refractivity contribution in [2.24, 2.45) is 0 Å². The van der Waals surface area contributed by atoms with Gasteiger partial charge in [0.05, 0.1) is 11.8 Å². The number of anilines is 1. The lowest BCUT2D eigenvalue weighted by atomic mass is 10.2. The van der Waals surface area contributed by atoms with Crippen molar-refractivity contribution in [1.29, 1.82) is 0 Å². The highest BCUT2D eigenvalue weighted by atomic mass is 16.1. The first-order valence-corrected chi connectivity index (χ1v) is 8.90. The highest BCUT2D eigenvalue weighted by molar-refractivity contribution is 5.88. The minimum atomic E-state index is 0.465. The van der Waals surface area contributed by atoms with Gasteiger partial charge in [-0.15, -0.1) is 0 Å². The van der Waals surface area contributed by atoms with Crippen molar-refractivity contribution in [3.05, 3.63) is 17.6 Å². The van der Waals surface area contributed by atoms with E-state index in [0.717, 1.165) is 67.5 Å². The molecule has 2 N–H and O–H groups in total. The van der Waals surface area contributed by atoms with Gasteiger partial charge in [-0.2, -0.15) is 0 Å². The van der Waals surface area contributed by atoms with Gasteiger partial charge in [-0.25, -0.2) is 9.97 Å². The van der Waals surface area contributed by atoms with E-state index >= 15 is 0 Å².